The average molecular weight is 1750 g/mol. The number of unbranched alkanes of at least 4 members (excludes halogenated alkanes) is 3. The van der Waals surface area contributed by atoms with Gasteiger partial charge in [0.15, 0.2) is 30.3 Å². The van der Waals surface area contributed by atoms with Gasteiger partial charge in [-0.3, -0.25) is 0 Å². The average Bonchev–Trinajstić information content (AvgIpc) is 1.56. The molecule has 11 heterocycles. The van der Waals surface area contributed by atoms with Crippen molar-refractivity contribution in [2.24, 2.45) is 5.73 Å². The van der Waals surface area contributed by atoms with Crippen LogP contribution >= 0.6 is 18.5 Å². The summed E-state index contributed by atoms with van der Waals surface area (Å²) >= 11 is 6.28. The number of nitrogens with zero attached hydrogens (tertiary/aromatic N) is 10. The van der Waals surface area contributed by atoms with E-state index >= 15 is 0 Å². The minimum Gasteiger partial charge on any atom is -0.491 e. The predicted molar refractivity (Wildman–Crippen MR) is 476 cm³/mol. The summed E-state index contributed by atoms with van der Waals surface area (Å²) in [4.78, 5) is 52.8. The Morgan fingerprint density at radius 3 is 1.34 bits per heavy atom. The zero-order chi connectivity index (χ0) is 86.8. The molecule has 3 aromatic carbocycles. The molecular weight excluding hydrogens is 1620 g/mol. The number of hydrogen-bond donors (Lipinski definition) is 8. The molecule has 123 heavy (non-hydrogen) atoms. The van der Waals surface area contributed by atoms with Gasteiger partial charge in [0.1, 0.15) is 160 Å². The fourth-order valence-corrected chi connectivity index (χ4v) is 19.7. The molecule has 0 aliphatic carbocycles. The van der Waals surface area contributed by atoms with E-state index in [1.54, 1.807) is 22.9 Å². The van der Waals surface area contributed by atoms with E-state index < -0.39 is 114 Å². The van der Waals surface area contributed by atoms with Crippen molar-refractivity contribution in [3.63, 3.8) is 0 Å². The molecule has 0 radical (unpaired) electrons. The van der Waals surface area contributed by atoms with Gasteiger partial charge < -0.3 is 120 Å². The first-order chi connectivity index (χ1) is 56.8. The van der Waals surface area contributed by atoms with Gasteiger partial charge in [0.25, 0.3) is 0 Å². The van der Waals surface area contributed by atoms with Gasteiger partial charge in [0.05, 0.1) is 22.7 Å². The quantitative estimate of drug-likeness (QED) is 0.0142. The number of anilines is 2. The van der Waals surface area contributed by atoms with Crippen molar-refractivity contribution in [2.45, 2.75) is 271 Å². The van der Waals surface area contributed by atoms with Gasteiger partial charge in [-0.05, 0) is 180 Å². The van der Waals surface area contributed by atoms with Crippen LogP contribution in [0, 0.1) is 6.57 Å². The van der Waals surface area contributed by atoms with Crippen LogP contribution in [-0.4, -0.2) is 192 Å². The molecule has 5 saturated heterocycles. The lowest BCUT2D eigenvalue weighted by Crippen LogP contribution is -2.47. The summed E-state index contributed by atoms with van der Waals surface area (Å²) in [6.45, 7) is 38.4. The normalized spacial score (nSPS) is 23.9. The highest BCUT2D eigenvalue weighted by Crippen LogP contribution is 2.54. The Hall–Kier alpha value is -9.34. The van der Waals surface area contributed by atoms with Crippen molar-refractivity contribution >= 4 is 81.3 Å². The van der Waals surface area contributed by atoms with Crippen LogP contribution in [0.2, 0.25) is 5.15 Å². The van der Waals surface area contributed by atoms with Crippen LogP contribution in [0.1, 0.15) is 192 Å². The summed E-state index contributed by atoms with van der Waals surface area (Å²) < 4.78 is 78.6. The number of aliphatic hydroxyl groups is 2. The molecule has 35 heteroatoms. The number of carbonyl (C=O) groups is 2. The molecule has 6 aromatic heterocycles. The number of fused-ring (bicyclic) bond motifs is 5. The molecular formula is C88H128ClN16O17P. The van der Waals surface area contributed by atoms with Crippen LogP contribution in [-0.2, 0) is 62.3 Å². The van der Waals surface area contributed by atoms with Crippen molar-refractivity contribution in [1.82, 2.24) is 60.4 Å². The second-order valence-corrected chi connectivity index (χ2v) is 38.6. The number of ether oxygens (including phenoxy) is 12. The number of hydrogen-bond acceptors (Lipinski definition) is 26. The maximum absolute atomic E-state index is 12.0. The van der Waals surface area contributed by atoms with Gasteiger partial charge >= 0.3 is 12.2 Å². The smallest absolute Gasteiger partial charge is 0.407 e. The minimum absolute atomic E-state index is 0. The van der Waals surface area contributed by atoms with E-state index in [9.17, 15) is 19.8 Å². The zero-order valence-corrected chi connectivity index (χ0v) is 74.5. The van der Waals surface area contributed by atoms with E-state index in [1.165, 1.54) is 82.9 Å². The molecule has 0 bridgehead atoms. The Labute approximate surface area is 726 Å². The number of alkyl carbamates (subject to hydrolysis) is 2. The third-order valence-electron chi connectivity index (χ3n) is 21.5. The Morgan fingerprint density at radius 2 is 0.943 bits per heavy atom. The summed E-state index contributed by atoms with van der Waals surface area (Å²) in [5, 5.41) is 29.6. The van der Waals surface area contributed by atoms with Gasteiger partial charge in [-0.2, -0.15) is 0 Å². The number of carbonyl (C=O) groups excluding carboxylic acids is 2. The van der Waals surface area contributed by atoms with Gasteiger partial charge in [-0.15, -0.1) is 0 Å². The highest BCUT2D eigenvalue weighted by Gasteiger charge is 2.66. The van der Waals surface area contributed by atoms with E-state index in [0.29, 0.717) is 76.0 Å². The molecule has 9 aromatic rings. The SMILES string of the molecule is C.CC(C)(C)OC(=O)NCc1cccc(OC[C@H]2O[C@@H](n3ccc4c(Cl)ncnc43)[C@@H]3OC(C)(C)O[C@]23C)c1.CC(C)(C)OC(=O)NCc1cccc(OC[C@H]2O[C@@H](n3ccc4c(N)ncnc43)[C@@H]3OC(C)(C)O[C@]23C)c1.C[C@@]1(O)[C@@H](COc2cccc(CN)c2)O[C@@H](n2ccc3c(N)ncnc32)[C@@H]1O.N.O.[C-]#[N+]C=P(CCCC)(CCCC)CCCC. The number of nitrogens with two attached hydrogens (primary N) is 3. The molecule has 0 unspecified atom stereocenters. The van der Waals surface area contributed by atoms with Crippen LogP contribution in [0.4, 0.5) is 21.2 Å². The van der Waals surface area contributed by atoms with E-state index in [2.05, 4.69) is 66.2 Å². The number of aliphatic hydroxyl groups excluding tert-OH is 1. The lowest BCUT2D eigenvalue weighted by atomic mass is 9.95. The fraction of sp³-hybridized carbons (Fsp3) is 0.545. The van der Waals surface area contributed by atoms with Crippen LogP contribution in [0.3, 0.4) is 0 Å². The summed E-state index contributed by atoms with van der Waals surface area (Å²) in [5.74, 6) is 3.07. The van der Waals surface area contributed by atoms with Crippen LogP contribution in [0.15, 0.2) is 129 Å². The molecule has 674 valence electrons. The van der Waals surface area contributed by atoms with Crippen molar-refractivity contribution in [3.8, 4) is 17.2 Å². The molecule has 5 aliphatic heterocycles. The molecule has 15 N–H and O–H groups in total. The zero-order valence-electron chi connectivity index (χ0n) is 72.9. The maximum Gasteiger partial charge on any atom is 0.407 e. The van der Waals surface area contributed by atoms with Crippen molar-refractivity contribution in [3.05, 3.63) is 162 Å². The number of amides is 2. The highest BCUT2D eigenvalue weighted by atomic mass is 35.5. The first-order valence-corrected chi connectivity index (χ1v) is 43.7. The van der Waals surface area contributed by atoms with Gasteiger partial charge in [-0.1, -0.05) is 122 Å². The molecule has 5 aliphatic rings. The van der Waals surface area contributed by atoms with E-state index in [0.717, 1.165) is 27.5 Å². The third-order valence-corrected chi connectivity index (χ3v) is 26.0. The fourth-order valence-electron chi connectivity index (χ4n) is 15.4. The summed E-state index contributed by atoms with van der Waals surface area (Å²) in [6, 6.07) is 27.9. The van der Waals surface area contributed by atoms with E-state index in [1.807, 2.05) is 189 Å². The second-order valence-electron chi connectivity index (χ2n) is 34.2. The van der Waals surface area contributed by atoms with Gasteiger partial charge in [-0.25, -0.2) is 44.3 Å². The van der Waals surface area contributed by atoms with Crippen molar-refractivity contribution in [2.75, 3.05) is 49.8 Å². The molecule has 0 saturated carbocycles. The number of rotatable bonds is 26. The molecule has 5 fully saturated rings. The molecule has 0 spiro atoms. The van der Waals surface area contributed by atoms with Crippen LogP contribution < -0.4 is 48.2 Å². The molecule has 2 amide bonds. The van der Waals surface area contributed by atoms with Crippen molar-refractivity contribution in [1.29, 1.82) is 0 Å². The number of nitrogen functional groups attached to an aromatic ring is 2. The van der Waals surface area contributed by atoms with Gasteiger partial charge in [0.2, 0.25) is 0 Å². The largest absolute Gasteiger partial charge is 0.491 e. The number of halogens is 1. The number of nitrogens with one attached hydrogen (secondary N) is 2. The van der Waals surface area contributed by atoms with Crippen molar-refractivity contribution < 1.29 is 82.1 Å². The molecule has 14 rings (SSSR count). The van der Waals surface area contributed by atoms with Crippen LogP contribution in [0.5, 0.6) is 17.2 Å². The molecule has 12 atom stereocenters. The maximum atomic E-state index is 12.0. The number of benzene rings is 3. The first-order valence-electron chi connectivity index (χ1n) is 40.9. The summed E-state index contributed by atoms with van der Waals surface area (Å²) in [7, 11) is 0. The predicted octanol–water partition coefficient (Wildman–Crippen LogP) is 14.5. The van der Waals surface area contributed by atoms with E-state index in [4.69, 9.17) is 92.2 Å². The Kier molecular flexibility index (Phi) is 33.5. The second kappa shape index (κ2) is 41.6. The molecule has 33 nitrogen and oxygen atoms in total. The Bertz CT molecular complexity index is 4850. The topological polar surface area (TPSA) is 450 Å². The minimum atomic E-state index is -1.52. The third kappa shape index (κ3) is 24.0. The number of aromatic nitrogens is 9. The Balaban J connectivity index is 0.000000210. The monoisotopic (exact) mass is 1750 g/mol. The standard InChI is InChI=1S/C27H33ClN4O6.C27H35N5O6.C19H23N5O4.C14H28NP.CH4.H3N.H2O/c2*1-25(2,3)37-24(33)29-13-16-8-7-9-17(12-16)34-14-19-27(6)20(36-26(4,5)38-27)23(35-19)32-11-10-18-21(28)30-15-31-22(18)32;1-19(26)14(9-27-12-4-2-3-11(7-12)8-20)28-18(15(19)25)24-6-5-13-16(21)22-10-23-17(13)24;1-5-8-11-16(14-15-4,12-9-6-2)13-10-7-3;;;/h7-12,15,19-20,23H,13-14H2,1-6H3,(H,29,33);7-12,15,19-20,23H,13-14H2,1-6H3,(H,29,33)(H2,28,30,31);2-7,10,14-15,18,25-26H,8-9,20H2,1H3,(H2,21,22,23);14H,5-13H2,1-3H3;1H4;1H3;1H2/t2*19-,20+,23-,27-;14-,15+,18-,19-;;;;/m111..../s1. The summed E-state index contributed by atoms with van der Waals surface area (Å²) in [5.41, 5.74) is 17.9. The van der Waals surface area contributed by atoms with Crippen LogP contribution in [0.25, 0.3) is 37.9 Å². The van der Waals surface area contributed by atoms with E-state index in [-0.39, 0.29) is 38.9 Å². The first kappa shape index (κ1) is 99.1. The van der Waals surface area contributed by atoms with Gasteiger partial charge in [0, 0.05) is 38.2 Å². The highest BCUT2D eigenvalue weighted by molar-refractivity contribution is 7.75. The summed E-state index contributed by atoms with van der Waals surface area (Å²) in [6.07, 6.45) is 14.9. The lowest BCUT2D eigenvalue weighted by molar-refractivity contribution is -0.213. The Morgan fingerprint density at radius 1 is 0.577 bits per heavy atom. The lowest BCUT2D eigenvalue weighted by Gasteiger charge is -2.29.